The molecule has 0 bridgehead atoms. The molecule has 0 aromatic heterocycles. The van der Waals surface area contributed by atoms with Crippen molar-refractivity contribution >= 4 is 0 Å². The maximum absolute atomic E-state index is 13.1. The number of nitrogens with zero attached hydrogens (tertiary/aromatic N) is 1. The summed E-state index contributed by atoms with van der Waals surface area (Å²) in [5.41, 5.74) is 0.831. The molecule has 3 aliphatic heterocycles. The molecule has 0 aliphatic carbocycles. The second-order valence-electron chi connectivity index (χ2n) is 6.11. The second-order valence-corrected chi connectivity index (χ2v) is 6.11. The maximum Gasteiger partial charge on any atom is 0.586 e. The molecule has 0 radical (unpaired) electrons. The van der Waals surface area contributed by atoms with Crippen LogP contribution in [0.2, 0.25) is 0 Å². The van der Waals surface area contributed by atoms with E-state index in [0.29, 0.717) is 0 Å². The van der Waals surface area contributed by atoms with Gasteiger partial charge in [-0.1, -0.05) is 6.07 Å². The quantitative estimate of drug-likeness (QED) is 0.911. The minimum absolute atomic E-state index is 0.0802. The highest BCUT2D eigenvalue weighted by molar-refractivity contribution is 5.46. The number of alkyl halides is 2. The molecule has 21 heavy (non-hydrogen) atoms. The average molecular weight is 297 g/mol. The summed E-state index contributed by atoms with van der Waals surface area (Å²) in [6.07, 6.45) is 0.372. The maximum atomic E-state index is 13.1. The van der Waals surface area contributed by atoms with Crippen LogP contribution in [0.4, 0.5) is 8.78 Å². The summed E-state index contributed by atoms with van der Waals surface area (Å²) in [6.45, 7) is 1.10. The van der Waals surface area contributed by atoms with Gasteiger partial charge in [0.15, 0.2) is 11.5 Å². The Morgan fingerprint density at radius 3 is 2.86 bits per heavy atom. The van der Waals surface area contributed by atoms with Gasteiger partial charge in [-0.3, -0.25) is 4.90 Å². The number of rotatable bonds is 2. The van der Waals surface area contributed by atoms with Crippen LogP contribution in [0.5, 0.6) is 11.5 Å². The largest absolute Gasteiger partial charge is 0.586 e. The van der Waals surface area contributed by atoms with Crippen molar-refractivity contribution < 1.29 is 23.4 Å². The van der Waals surface area contributed by atoms with Crippen LogP contribution in [-0.2, 0) is 0 Å². The van der Waals surface area contributed by atoms with Gasteiger partial charge in [0.25, 0.3) is 0 Å². The molecule has 114 valence electrons. The van der Waals surface area contributed by atoms with Crippen LogP contribution < -0.4 is 9.47 Å². The Bertz CT molecular complexity index is 580. The zero-order valence-electron chi connectivity index (χ0n) is 11.5. The number of hydrogen-bond donors (Lipinski definition) is 1. The number of aliphatic hydroxyl groups is 1. The summed E-state index contributed by atoms with van der Waals surface area (Å²) in [7, 11) is 0. The Hall–Kier alpha value is -1.40. The molecule has 1 aromatic carbocycles. The third-order valence-corrected chi connectivity index (χ3v) is 5.01. The highest BCUT2D eigenvalue weighted by Crippen LogP contribution is 2.50. The van der Waals surface area contributed by atoms with E-state index in [1.807, 2.05) is 6.07 Å². The van der Waals surface area contributed by atoms with Gasteiger partial charge in [-0.25, -0.2) is 0 Å². The lowest BCUT2D eigenvalue weighted by Gasteiger charge is -2.33. The van der Waals surface area contributed by atoms with Crippen molar-refractivity contribution in [1.29, 1.82) is 0 Å². The predicted octanol–water partition coefficient (Wildman–Crippen LogP) is 2.67. The van der Waals surface area contributed by atoms with Crippen molar-refractivity contribution in [3.8, 4) is 11.5 Å². The van der Waals surface area contributed by atoms with Gasteiger partial charge in [0, 0.05) is 11.6 Å². The van der Waals surface area contributed by atoms with Crippen LogP contribution in [0.3, 0.4) is 0 Å². The van der Waals surface area contributed by atoms with E-state index in [2.05, 4.69) is 14.4 Å². The van der Waals surface area contributed by atoms with Crippen molar-refractivity contribution in [2.45, 2.75) is 43.6 Å². The Balaban J connectivity index is 1.64. The minimum atomic E-state index is -3.57. The lowest BCUT2D eigenvalue weighted by atomic mass is 9.95. The van der Waals surface area contributed by atoms with Gasteiger partial charge in [-0.05, 0) is 49.9 Å². The predicted molar refractivity (Wildman–Crippen MR) is 70.4 cm³/mol. The first-order valence-electron chi connectivity index (χ1n) is 7.30. The Morgan fingerprint density at radius 2 is 2.05 bits per heavy atom. The third-order valence-electron chi connectivity index (χ3n) is 5.01. The van der Waals surface area contributed by atoms with Crippen LogP contribution in [0.1, 0.15) is 37.3 Å². The standard InChI is InChI=1S/C15H17F2NO3/c16-15(17)20-12-3-2-10(8-13(12)21-15)11-4-6-14(9-19)5-1-7-18(11)14/h2-3,8,11,19H,1,4-7,9H2. The fourth-order valence-electron chi connectivity index (χ4n) is 4.04. The van der Waals surface area contributed by atoms with E-state index < -0.39 is 6.29 Å². The lowest BCUT2D eigenvalue weighted by Crippen LogP contribution is -2.42. The number of fused-ring (bicyclic) bond motifs is 2. The molecule has 2 atom stereocenters. The summed E-state index contributed by atoms with van der Waals surface area (Å²) in [5, 5.41) is 9.73. The molecule has 1 aromatic rings. The monoisotopic (exact) mass is 297 g/mol. The fourth-order valence-corrected chi connectivity index (χ4v) is 4.04. The van der Waals surface area contributed by atoms with Crippen LogP contribution in [0, 0.1) is 0 Å². The summed E-state index contributed by atoms with van der Waals surface area (Å²) in [6, 6.07) is 5.16. The molecule has 0 spiro atoms. The molecule has 2 unspecified atom stereocenters. The first-order chi connectivity index (χ1) is 10.0. The number of benzene rings is 1. The number of aliphatic hydroxyl groups excluding tert-OH is 1. The van der Waals surface area contributed by atoms with Crippen LogP contribution in [0.25, 0.3) is 0 Å². The van der Waals surface area contributed by atoms with E-state index in [4.69, 9.17) is 0 Å². The van der Waals surface area contributed by atoms with Crippen molar-refractivity contribution in [3.63, 3.8) is 0 Å². The van der Waals surface area contributed by atoms with Gasteiger partial charge >= 0.3 is 6.29 Å². The molecular formula is C15H17F2NO3. The fraction of sp³-hybridized carbons (Fsp3) is 0.600. The molecule has 3 aliphatic rings. The van der Waals surface area contributed by atoms with E-state index in [1.54, 1.807) is 12.1 Å². The van der Waals surface area contributed by atoms with E-state index in [0.717, 1.165) is 37.8 Å². The molecule has 2 saturated heterocycles. The molecular weight excluding hydrogens is 280 g/mol. The molecule has 1 N–H and O–H groups in total. The van der Waals surface area contributed by atoms with Gasteiger partial charge in [-0.2, -0.15) is 0 Å². The smallest absolute Gasteiger partial charge is 0.395 e. The molecule has 0 amide bonds. The molecule has 4 rings (SSSR count). The van der Waals surface area contributed by atoms with E-state index >= 15 is 0 Å². The Labute approximate surface area is 121 Å². The molecule has 4 nitrogen and oxygen atoms in total. The lowest BCUT2D eigenvalue weighted by molar-refractivity contribution is -0.286. The second kappa shape index (κ2) is 4.30. The van der Waals surface area contributed by atoms with Gasteiger partial charge < -0.3 is 14.6 Å². The SMILES string of the molecule is OCC12CCCN1C(c1ccc3c(c1)OC(F)(F)O3)CC2. The van der Waals surface area contributed by atoms with Gasteiger partial charge in [0.2, 0.25) is 0 Å². The molecule has 2 fully saturated rings. The third kappa shape index (κ3) is 1.92. The highest BCUT2D eigenvalue weighted by atomic mass is 19.3. The minimum Gasteiger partial charge on any atom is -0.395 e. The zero-order chi connectivity index (χ0) is 14.7. The van der Waals surface area contributed by atoms with Crippen LogP contribution >= 0.6 is 0 Å². The van der Waals surface area contributed by atoms with Crippen molar-refractivity contribution in [1.82, 2.24) is 4.90 Å². The van der Waals surface area contributed by atoms with Gasteiger partial charge in [0.1, 0.15) is 0 Å². The molecule has 6 heteroatoms. The van der Waals surface area contributed by atoms with E-state index in [-0.39, 0.29) is 29.7 Å². The summed E-state index contributed by atoms with van der Waals surface area (Å²) in [4.78, 5) is 2.32. The highest BCUT2D eigenvalue weighted by Gasteiger charge is 2.50. The van der Waals surface area contributed by atoms with Crippen molar-refractivity contribution in [2.24, 2.45) is 0 Å². The average Bonchev–Trinajstić information content (AvgIpc) is 3.06. The van der Waals surface area contributed by atoms with Crippen molar-refractivity contribution in [3.05, 3.63) is 23.8 Å². The topological polar surface area (TPSA) is 41.9 Å². The first-order valence-corrected chi connectivity index (χ1v) is 7.30. The summed E-state index contributed by atoms with van der Waals surface area (Å²) >= 11 is 0. The Morgan fingerprint density at radius 1 is 1.24 bits per heavy atom. The van der Waals surface area contributed by atoms with Gasteiger partial charge in [0.05, 0.1) is 6.61 Å². The Kier molecular flexibility index (Phi) is 2.72. The van der Waals surface area contributed by atoms with Crippen LogP contribution in [0.15, 0.2) is 18.2 Å². The van der Waals surface area contributed by atoms with E-state index in [1.165, 1.54) is 0 Å². The molecule has 0 saturated carbocycles. The van der Waals surface area contributed by atoms with E-state index in [9.17, 15) is 13.9 Å². The van der Waals surface area contributed by atoms with Crippen molar-refractivity contribution in [2.75, 3.05) is 13.2 Å². The number of halogens is 2. The first kappa shape index (κ1) is 13.3. The zero-order valence-corrected chi connectivity index (χ0v) is 11.5. The number of ether oxygens (including phenoxy) is 2. The van der Waals surface area contributed by atoms with Crippen LogP contribution in [-0.4, -0.2) is 35.0 Å². The number of hydrogen-bond acceptors (Lipinski definition) is 4. The van der Waals surface area contributed by atoms with Gasteiger partial charge in [-0.15, -0.1) is 8.78 Å². The normalized spacial score (nSPS) is 33.4. The summed E-state index contributed by atoms with van der Waals surface area (Å²) < 4.78 is 35.1. The molecule has 3 heterocycles. The summed E-state index contributed by atoms with van der Waals surface area (Å²) in [5.74, 6) is 0.176.